The highest BCUT2D eigenvalue weighted by Gasteiger charge is 2.35. The normalized spacial score (nSPS) is 11.8. The molecule has 0 radical (unpaired) electrons. The van der Waals surface area contributed by atoms with Crippen LogP contribution >= 0.6 is 0 Å². The van der Waals surface area contributed by atoms with Gasteiger partial charge in [-0.05, 0) is 29.2 Å². The molecule has 1 aromatic heterocycles. The molecule has 3 rings (SSSR count). The number of rotatable bonds is 5. The SMILES string of the molecule is CC(C)(C)c1ccccc1Nc1nc(Nc2ccc([N+](=O)[O-])cc2)ncc1C(F)(F)F. The van der Waals surface area contributed by atoms with Crippen molar-refractivity contribution in [1.29, 1.82) is 0 Å². The highest BCUT2D eigenvalue weighted by atomic mass is 19.4. The summed E-state index contributed by atoms with van der Waals surface area (Å²) in [6, 6.07) is 12.4. The third-order valence-electron chi connectivity index (χ3n) is 4.42. The van der Waals surface area contributed by atoms with Crippen LogP contribution in [0.15, 0.2) is 54.7 Å². The van der Waals surface area contributed by atoms with Gasteiger partial charge < -0.3 is 10.6 Å². The van der Waals surface area contributed by atoms with E-state index in [4.69, 9.17) is 0 Å². The Morgan fingerprint density at radius 1 is 0.935 bits per heavy atom. The van der Waals surface area contributed by atoms with Crippen LogP contribution in [0.1, 0.15) is 31.9 Å². The molecule has 0 aliphatic heterocycles. The lowest BCUT2D eigenvalue weighted by atomic mass is 9.86. The van der Waals surface area contributed by atoms with E-state index in [1.165, 1.54) is 24.3 Å². The minimum Gasteiger partial charge on any atom is -0.339 e. The number of nitro benzene ring substituents is 1. The van der Waals surface area contributed by atoms with E-state index in [1.807, 2.05) is 32.9 Å². The predicted molar refractivity (Wildman–Crippen MR) is 112 cm³/mol. The Labute approximate surface area is 176 Å². The highest BCUT2D eigenvalue weighted by Crippen LogP contribution is 2.37. The minimum absolute atomic E-state index is 0.0856. The highest BCUT2D eigenvalue weighted by molar-refractivity contribution is 5.66. The van der Waals surface area contributed by atoms with Gasteiger partial charge in [0.25, 0.3) is 5.69 Å². The Morgan fingerprint density at radius 3 is 2.16 bits per heavy atom. The van der Waals surface area contributed by atoms with Crippen LogP contribution in [-0.4, -0.2) is 14.9 Å². The summed E-state index contributed by atoms with van der Waals surface area (Å²) in [5, 5.41) is 16.3. The van der Waals surface area contributed by atoms with Crippen molar-refractivity contribution >= 4 is 28.8 Å². The first-order valence-corrected chi connectivity index (χ1v) is 9.27. The number of aromatic nitrogens is 2. The summed E-state index contributed by atoms with van der Waals surface area (Å²) < 4.78 is 40.7. The molecule has 0 spiro atoms. The molecule has 0 bridgehead atoms. The van der Waals surface area contributed by atoms with Crippen LogP contribution in [0.4, 0.5) is 42.0 Å². The number of halogens is 3. The second-order valence-electron chi connectivity index (χ2n) is 7.80. The fourth-order valence-electron chi connectivity index (χ4n) is 2.91. The van der Waals surface area contributed by atoms with Gasteiger partial charge in [0.1, 0.15) is 11.4 Å². The zero-order chi connectivity index (χ0) is 22.8. The van der Waals surface area contributed by atoms with Crippen molar-refractivity contribution < 1.29 is 18.1 Å². The number of benzene rings is 2. The number of nitrogens with one attached hydrogen (secondary N) is 2. The maximum absolute atomic E-state index is 13.6. The molecule has 0 saturated carbocycles. The van der Waals surface area contributed by atoms with E-state index < -0.39 is 22.5 Å². The summed E-state index contributed by atoms with van der Waals surface area (Å²) in [4.78, 5) is 18.0. The minimum atomic E-state index is -4.66. The molecular weight excluding hydrogens is 411 g/mol. The van der Waals surface area contributed by atoms with Crippen LogP contribution in [0.25, 0.3) is 0 Å². The third-order valence-corrected chi connectivity index (χ3v) is 4.42. The molecule has 0 fully saturated rings. The Hall–Kier alpha value is -3.69. The van der Waals surface area contributed by atoms with Crippen LogP contribution in [0, 0.1) is 10.1 Å². The Kier molecular flexibility index (Phi) is 5.83. The number of para-hydroxylation sites is 1. The Balaban J connectivity index is 1.98. The summed E-state index contributed by atoms with van der Waals surface area (Å²) >= 11 is 0. The first-order chi connectivity index (χ1) is 14.4. The van der Waals surface area contributed by atoms with Crippen LogP contribution in [-0.2, 0) is 11.6 Å². The maximum atomic E-state index is 13.6. The molecule has 0 atom stereocenters. The van der Waals surface area contributed by atoms with Gasteiger partial charge in [-0.1, -0.05) is 39.0 Å². The van der Waals surface area contributed by atoms with Gasteiger partial charge in [0.15, 0.2) is 0 Å². The molecule has 0 aliphatic rings. The van der Waals surface area contributed by atoms with Crippen molar-refractivity contribution in [2.24, 2.45) is 0 Å². The lowest BCUT2D eigenvalue weighted by molar-refractivity contribution is -0.384. The van der Waals surface area contributed by atoms with Crippen molar-refractivity contribution in [2.75, 3.05) is 10.6 Å². The molecule has 3 aromatic rings. The molecule has 162 valence electrons. The summed E-state index contributed by atoms with van der Waals surface area (Å²) in [5.41, 5.74) is 0.290. The van der Waals surface area contributed by atoms with Crippen LogP contribution in [0.3, 0.4) is 0 Å². The van der Waals surface area contributed by atoms with Crippen molar-refractivity contribution in [2.45, 2.75) is 32.4 Å². The lowest BCUT2D eigenvalue weighted by Crippen LogP contribution is -2.16. The van der Waals surface area contributed by atoms with Crippen molar-refractivity contribution in [1.82, 2.24) is 9.97 Å². The molecule has 0 saturated heterocycles. The van der Waals surface area contributed by atoms with Crippen molar-refractivity contribution in [3.05, 3.63) is 76.0 Å². The van der Waals surface area contributed by atoms with Crippen molar-refractivity contribution in [3.8, 4) is 0 Å². The van der Waals surface area contributed by atoms with E-state index in [-0.39, 0.29) is 17.1 Å². The average molecular weight is 431 g/mol. The van der Waals surface area contributed by atoms with Gasteiger partial charge in [-0.3, -0.25) is 10.1 Å². The molecular formula is C21H20F3N5O2. The van der Waals surface area contributed by atoms with Crippen LogP contribution in [0.5, 0.6) is 0 Å². The number of nitrogens with zero attached hydrogens (tertiary/aromatic N) is 3. The summed E-state index contributed by atoms with van der Waals surface area (Å²) in [6.07, 6.45) is -3.96. The second kappa shape index (κ2) is 8.21. The molecule has 0 unspecified atom stereocenters. The Bertz CT molecular complexity index is 1090. The molecule has 2 N–H and O–H groups in total. The van der Waals surface area contributed by atoms with Gasteiger partial charge in [-0.25, -0.2) is 4.98 Å². The van der Waals surface area contributed by atoms with Crippen LogP contribution in [0.2, 0.25) is 0 Å². The van der Waals surface area contributed by atoms with Gasteiger partial charge in [-0.15, -0.1) is 0 Å². The van der Waals surface area contributed by atoms with Crippen molar-refractivity contribution in [3.63, 3.8) is 0 Å². The first kappa shape index (κ1) is 22.0. The van der Waals surface area contributed by atoms with Gasteiger partial charge in [0.2, 0.25) is 5.95 Å². The number of nitro groups is 1. The summed E-state index contributed by atoms with van der Waals surface area (Å²) in [7, 11) is 0. The molecule has 10 heteroatoms. The number of hydrogen-bond donors (Lipinski definition) is 2. The van der Waals surface area contributed by atoms with E-state index in [0.29, 0.717) is 17.6 Å². The number of hydrogen-bond acceptors (Lipinski definition) is 6. The van der Waals surface area contributed by atoms with Gasteiger partial charge in [0, 0.05) is 29.7 Å². The fraction of sp³-hybridized carbons (Fsp3) is 0.238. The molecule has 2 aromatic carbocycles. The summed E-state index contributed by atoms with van der Waals surface area (Å²) in [6.45, 7) is 5.87. The quantitative estimate of drug-likeness (QED) is 0.370. The molecule has 0 amide bonds. The fourth-order valence-corrected chi connectivity index (χ4v) is 2.91. The summed E-state index contributed by atoms with van der Waals surface area (Å²) in [5.74, 6) is -0.485. The van der Waals surface area contributed by atoms with E-state index in [1.54, 1.807) is 12.1 Å². The van der Waals surface area contributed by atoms with Gasteiger partial charge >= 0.3 is 6.18 Å². The Morgan fingerprint density at radius 2 is 1.58 bits per heavy atom. The van der Waals surface area contributed by atoms with E-state index in [9.17, 15) is 23.3 Å². The maximum Gasteiger partial charge on any atom is 0.421 e. The van der Waals surface area contributed by atoms with Gasteiger partial charge in [-0.2, -0.15) is 18.2 Å². The van der Waals surface area contributed by atoms with Crippen LogP contribution < -0.4 is 10.6 Å². The zero-order valence-electron chi connectivity index (χ0n) is 17.0. The lowest BCUT2D eigenvalue weighted by Gasteiger charge is -2.24. The number of non-ortho nitro benzene ring substituents is 1. The van der Waals surface area contributed by atoms with E-state index in [2.05, 4.69) is 20.6 Å². The predicted octanol–water partition coefficient (Wildman–Crippen LogP) is 6.19. The molecule has 1 heterocycles. The second-order valence-corrected chi connectivity index (χ2v) is 7.80. The number of alkyl halides is 3. The average Bonchev–Trinajstić information content (AvgIpc) is 2.67. The standard InChI is InChI=1S/C21H20F3N5O2/c1-20(2,3)15-6-4-5-7-17(15)27-18-16(21(22,23)24)12-25-19(28-18)26-13-8-10-14(11-9-13)29(30)31/h4-12H,1-3H3,(H2,25,26,27,28). The monoisotopic (exact) mass is 431 g/mol. The smallest absolute Gasteiger partial charge is 0.339 e. The molecule has 7 nitrogen and oxygen atoms in total. The zero-order valence-corrected chi connectivity index (χ0v) is 17.0. The number of anilines is 4. The van der Waals surface area contributed by atoms with Gasteiger partial charge in [0.05, 0.1) is 4.92 Å². The largest absolute Gasteiger partial charge is 0.421 e. The molecule has 31 heavy (non-hydrogen) atoms. The topological polar surface area (TPSA) is 93.0 Å². The van der Waals surface area contributed by atoms with E-state index in [0.717, 1.165) is 5.56 Å². The molecule has 0 aliphatic carbocycles. The first-order valence-electron chi connectivity index (χ1n) is 9.27. The van der Waals surface area contributed by atoms with E-state index >= 15 is 0 Å². The third kappa shape index (κ3) is 5.27.